The molecule has 0 saturated heterocycles. The lowest BCUT2D eigenvalue weighted by Gasteiger charge is -2.22. The van der Waals surface area contributed by atoms with E-state index in [4.69, 9.17) is 25.5 Å². The second kappa shape index (κ2) is 6.89. The third-order valence-electron chi connectivity index (χ3n) is 1.42. The first-order valence-corrected chi connectivity index (χ1v) is 3.33. The molecule has 0 radical (unpaired) electrons. The van der Waals surface area contributed by atoms with Crippen LogP contribution in [0.1, 0.15) is 0 Å². The Balaban J connectivity index is 0. The van der Waals surface area contributed by atoms with E-state index in [9.17, 15) is 4.79 Å². The highest BCUT2D eigenvalue weighted by Crippen LogP contribution is 2.02. The molecule has 0 heterocycles. The third kappa shape index (κ3) is 4.27. The zero-order valence-corrected chi connectivity index (χ0v) is 6.95. The number of aliphatic hydroxyl groups is 5. The van der Waals surface area contributed by atoms with Crippen molar-refractivity contribution in [3.8, 4) is 0 Å². The highest BCUT2D eigenvalue weighted by molar-refractivity contribution is 5.56. The van der Waals surface area contributed by atoms with Gasteiger partial charge in [0.25, 0.3) is 0 Å². The second-order valence-corrected chi connectivity index (χ2v) is 2.36. The van der Waals surface area contributed by atoms with E-state index < -0.39 is 31.0 Å². The van der Waals surface area contributed by atoms with E-state index in [1.54, 1.807) is 0 Å². The average Bonchev–Trinajstić information content (AvgIpc) is 2.12. The first kappa shape index (κ1) is 14.9. The number of aliphatic hydroxyl groups excluding tert-OH is 5. The van der Waals surface area contributed by atoms with Crippen molar-refractivity contribution in [1.82, 2.24) is 6.15 Å². The summed E-state index contributed by atoms with van der Waals surface area (Å²) in [5.41, 5.74) is 0. The highest BCUT2D eigenvalue weighted by atomic mass is 16.4. The van der Waals surface area contributed by atoms with Gasteiger partial charge in [0, 0.05) is 0 Å². The van der Waals surface area contributed by atoms with Crippen molar-refractivity contribution in [3.63, 3.8) is 0 Å². The number of hydrogen-bond donors (Lipinski definition) is 6. The molecule has 4 atom stereocenters. The summed E-state index contributed by atoms with van der Waals surface area (Å²) in [4.78, 5) is 9.90. The van der Waals surface area contributed by atoms with Crippen LogP contribution in [0.15, 0.2) is 0 Å². The van der Waals surface area contributed by atoms with Crippen LogP contribution in [-0.4, -0.2) is 62.8 Å². The lowest BCUT2D eigenvalue weighted by molar-refractivity contribution is -0.136. The van der Waals surface area contributed by atoms with E-state index >= 15 is 0 Å². The molecule has 0 amide bonds. The van der Waals surface area contributed by atoms with E-state index in [0.717, 1.165) is 0 Å². The van der Waals surface area contributed by atoms with Gasteiger partial charge in [-0.1, -0.05) is 0 Å². The Morgan fingerprint density at radius 2 is 1.54 bits per heavy atom. The average molecular weight is 197 g/mol. The van der Waals surface area contributed by atoms with Crippen LogP contribution in [0.25, 0.3) is 0 Å². The van der Waals surface area contributed by atoms with Crippen molar-refractivity contribution >= 4 is 6.29 Å². The minimum atomic E-state index is -1.79. The fraction of sp³-hybridized carbons (Fsp3) is 0.833. The molecule has 0 aromatic carbocycles. The summed E-state index contributed by atoms with van der Waals surface area (Å²) >= 11 is 0. The van der Waals surface area contributed by atoms with Gasteiger partial charge in [0.15, 0.2) is 6.29 Å². The fourth-order valence-electron chi connectivity index (χ4n) is 0.618. The fourth-order valence-corrected chi connectivity index (χ4v) is 0.618. The first-order chi connectivity index (χ1) is 5.54. The van der Waals surface area contributed by atoms with Gasteiger partial charge in [-0.15, -0.1) is 0 Å². The zero-order valence-electron chi connectivity index (χ0n) is 6.95. The van der Waals surface area contributed by atoms with Crippen LogP contribution in [0.3, 0.4) is 0 Å². The summed E-state index contributed by atoms with van der Waals surface area (Å²) in [5, 5.41) is 43.5. The van der Waals surface area contributed by atoms with Gasteiger partial charge in [0.05, 0.1) is 6.61 Å². The van der Waals surface area contributed by atoms with Crippen LogP contribution in [0, 0.1) is 0 Å². The first-order valence-electron chi connectivity index (χ1n) is 3.33. The SMILES string of the molecule is N.O=CC(O)C(O)C(O)C(O)CO. The Bertz CT molecular complexity index is 143. The van der Waals surface area contributed by atoms with E-state index in [-0.39, 0.29) is 12.4 Å². The Kier molecular flexibility index (Phi) is 7.92. The Hall–Kier alpha value is -0.570. The van der Waals surface area contributed by atoms with Gasteiger partial charge < -0.3 is 36.5 Å². The molecule has 80 valence electrons. The molecule has 7 heteroatoms. The van der Waals surface area contributed by atoms with Gasteiger partial charge in [-0.3, -0.25) is 0 Å². The second-order valence-electron chi connectivity index (χ2n) is 2.36. The topological polar surface area (TPSA) is 153 Å². The van der Waals surface area contributed by atoms with Crippen LogP contribution >= 0.6 is 0 Å². The van der Waals surface area contributed by atoms with Crippen LogP contribution in [0.2, 0.25) is 0 Å². The Morgan fingerprint density at radius 3 is 1.85 bits per heavy atom. The van der Waals surface area contributed by atoms with Crippen molar-refractivity contribution in [2.24, 2.45) is 0 Å². The molecule has 4 unspecified atom stereocenters. The third-order valence-corrected chi connectivity index (χ3v) is 1.42. The molecule has 0 aliphatic rings. The molecule has 0 aliphatic heterocycles. The minimum Gasteiger partial charge on any atom is -0.394 e. The van der Waals surface area contributed by atoms with Crippen LogP contribution < -0.4 is 6.15 Å². The Morgan fingerprint density at radius 1 is 1.08 bits per heavy atom. The standard InChI is InChI=1S/C6H12O6.H3N/c7-1-3(9)5(11)6(12)4(10)2-8;/h1,3-6,8-12H,2H2;1H3. The van der Waals surface area contributed by atoms with E-state index in [1.165, 1.54) is 0 Å². The van der Waals surface area contributed by atoms with Crippen LogP contribution in [0.5, 0.6) is 0 Å². The molecule has 0 aliphatic carbocycles. The van der Waals surface area contributed by atoms with Gasteiger partial charge in [0.2, 0.25) is 0 Å². The lowest BCUT2D eigenvalue weighted by Crippen LogP contribution is -2.46. The molecule has 7 nitrogen and oxygen atoms in total. The molecule has 0 spiro atoms. The summed E-state index contributed by atoms with van der Waals surface area (Å²) < 4.78 is 0. The molecule has 0 aromatic rings. The number of carbonyl (C=O) groups is 1. The van der Waals surface area contributed by atoms with Crippen molar-refractivity contribution in [3.05, 3.63) is 0 Å². The molecule has 0 aromatic heterocycles. The molecule has 8 N–H and O–H groups in total. The normalized spacial score (nSPS) is 19.5. The quantitative estimate of drug-likeness (QED) is 0.253. The molecule has 13 heavy (non-hydrogen) atoms. The summed E-state index contributed by atoms with van der Waals surface area (Å²) in [6.45, 7) is -0.760. The Labute approximate surface area is 74.8 Å². The maximum Gasteiger partial charge on any atom is 0.151 e. The number of hydrogen-bond acceptors (Lipinski definition) is 7. The van der Waals surface area contributed by atoms with Gasteiger partial charge in [-0.25, -0.2) is 0 Å². The van der Waals surface area contributed by atoms with Crippen LogP contribution in [-0.2, 0) is 4.79 Å². The number of carbonyl (C=O) groups excluding carboxylic acids is 1. The maximum atomic E-state index is 9.90. The number of aldehydes is 1. The maximum absolute atomic E-state index is 9.90. The lowest BCUT2D eigenvalue weighted by atomic mass is 10.0. The van der Waals surface area contributed by atoms with E-state index in [1.807, 2.05) is 0 Å². The summed E-state index contributed by atoms with van der Waals surface area (Å²) in [5.74, 6) is 0. The zero-order chi connectivity index (χ0) is 9.72. The van der Waals surface area contributed by atoms with Crippen molar-refractivity contribution in [2.75, 3.05) is 6.61 Å². The molecule has 0 bridgehead atoms. The van der Waals surface area contributed by atoms with E-state index in [2.05, 4.69) is 0 Å². The molecule has 0 rings (SSSR count). The van der Waals surface area contributed by atoms with Gasteiger partial charge in [-0.2, -0.15) is 0 Å². The summed E-state index contributed by atoms with van der Waals surface area (Å²) in [6.07, 6.45) is -6.84. The smallest absolute Gasteiger partial charge is 0.151 e. The monoisotopic (exact) mass is 197 g/mol. The molecular formula is C6H15NO6. The van der Waals surface area contributed by atoms with Gasteiger partial charge in [0.1, 0.15) is 24.4 Å². The predicted molar refractivity (Wildman–Crippen MR) is 42.2 cm³/mol. The summed E-state index contributed by atoms with van der Waals surface area (Å²) in [7, 11) is 0. The van der Waals surface area contributed by atoms with E-state index in [0.29, 0.717) is 0 Å². The van der Waals surface area contributed by atoms with Gasteiger partial charge >= 0.3 is 0 Å². The minimum absolute atomic E-state index is 0. The predicted octanol–water partition coefficient (Wildman–Crippen LogP) is -3.22. The molecule has 0 fully saturated rings. The van der Waals surface area contributed by atoms with Crippen molar-refractivity contribution < 1.29 is 30.3 Å². The highest BCUT2D eigenvalue weighted by Gasteiger charge is 2.29. The van der Waals surface area contributed by atoms with Crippen molar-refractivity contribution in [1.29, 1.82) is 0 Å². The van der Waals surface area contributed by atoms with Crippen LogP contribution in [0.4, 0.5) is 0 Å². The van der Waals surface area contributed by atoms with Gasteiger partial charge in [-0.05, 0) is 0 Å². The van der Waals surface area contributed by atoms with Crippen molar-refractivity contribution in [2.45, 2.75) is 24.4 Å². The number of rotatable bonds is 5. The summed E-state index contributed by atoms with van der Waals surface area (Å²) in [6, 6.07) is 0. The molecule has 0 saturated carbocycles. The largest absolute Gasteiger partial charge is 0.394 e. The molecular weight excluding hydrogens is 182 g/mol.